The molecule has 1 aromatic carbocycles. The van der Waals surface area contributed by atoms with Crippen LogP contribution in [0.4, 0.5) is 4.39 Å². The van der Waals surface area contributed by atoms with Crippen molar-refractivity contribution in [3.8, 4) is 0 Å². The number of hydrogen-bond acceptors (Lipinski definition) is 1. The maximum absolute atomic E-state index is 13.4. The van der Waals surface area contributed by atoms with Crippen LogP contribution in [0.2, 0.25) is 0 Å². The molecular formula is C14H20FN. The van der Waals surface area contributed by atoms with Gasteiger partial charge in [-0.2, -0.15) is 0 Å². The molecule has 2 heteroatoms. The van der Waals surface area contributed by atoms with Crippen molar-refractivity contribution in [2.45, 2.75) is 33.2 Å². The van der Waals surface area contributed by atoms with E-state index in [-0.39, 0.29) is 11.9 Å². The Morgan fingerprint density at radius 2 is 2.00 bits per heavy atom. The standard InChI is InChI=1S/C14H20FN/c1-9-5-10(7-11(15)6-9)13(16-4)12-8-14(12,2)3/h5-7,12-13,16H,8H2,1-4H3. The zero-order chi connectivity index (χ0) is 11.9. The Hall–Kier alpha value is -0.890. The molecule has 2 atom stereocenters. The van der Waals surface area contributed by atoms with E-state index in [1.165, 1.54) is 6.42 Å². The van der Waals surface area contributed by atoms with Gasteiger partial charge >= 0.3 is 0 Å². The molecule has 0 heterocycles. The Bertz CT molecular complexity index is 377. The summed E-state index contributed by atoms with van der Waals surface area (Å²) in [6.07, 6.45) is 1.22. The van der Waals surface area contributed by atoms with Crippen molar-refractivity contribution in [3.63, 3.8) is 0 Å². The molecule has 1 aliphatic carbocycles. The van der Waals surface area contributed by atoms with Crippen LogP contribution in [0.15, 0.2) is 18.2 Å². The summed E-state index contributed by atoms with van der Waals surface area (Å²) >= 11 is 0. The topological polar surface area (TPSA) is 12.0 Å². The highest BCUT2D eigenvalue weighted by Gasteiger charge is 2.50. The molecule has 0 spiro atoms. The van der Waals surface area contributed by atoms with Crippen molar-refractivity contribution >= 4 is 0 Å². The van der Waals surface area contributed by atoms with Gasteiger partial charge in [-0.25, -0.2) is 4.39 Å². The molecule has 0 bridgehead atoms. The molecule has 0 radical (unpaired) electrons. The van der Waals surface area contributed by atoms with Crippen molar-refractivity contribution in [1.29, 1.82) is 0 Å². The minimum absolute atomic E-state index is 0.131. The van der Waals surface area contributed by atoms with Gasteiger partial charge < -0.3 is 5.32 Å². The molecule has 1 N–H and O–H groups in total. The molecule has 1 aliphatic rings. The highest BCUT2D eigenvalue weighted by atomic mass is 19.1. The molecule has 88 valence electrons. The summed E-state index contributed by atoms with van der Waals surface area (Å²) in [5.74, 6) is 0.493. The van der Waals surface area contributed by atoms with Gasteiger partial charge in [0.05, 0.1) is 0 Å². The van der Waals surface area contributed by atoms with Crippen LogP contribution in [0.3, 0.4) is 0 Å². The van der Waals surface area contributed by atoms with Crippen LogP contribution in [0.1, 0.15) is 37.4 Å². The SMILES string of the molecule is CNC(c1cc(C)cc(F)c1)C1CC1(C)C. The van der Waals surface area contributed by atoms with E-state index in [4.69, 9.17) is 0 Å². The van der Waals surface area contributed by atoms with Crippen LogP contribution in [-0.2, 0) is 0 Å². The molecule has 0 saturated heterocycles. The van der Waals surface area contributed by atoms with Crippen LogP contribution in [0, 0.1) is 24.1 Å². The van der Waals surface area contributed by atoms with E-state index in [1.807, 2.05) is 14.0 Å². The number of nitrogens with one attached hydrogen (secondary N) is 1. The fourth-order valence-corrected chi connectivity index (χ4v) is 2.62. The molecule has 16 heavy (non-hydrogen) atoms. The summed E-state index contributed by atoms with van der Waals surface area (Å²) in [5, 5.41) is 3.32. The van der Waals surface area contributed by atoms with Crippen LogP contribution >= 0.6 is 0 Å². The predicted molar refractivity (Wildman–Crippen MR) is 64.8 cm³/mol. The Balaban J connectivity index is 2.27. The first-order chi connectivity index (χ1) is 7.44. The number of rotatable bonds is 3. The molecule has 1 aromatic rings. The lowest BCUT2D eigenvalue weighted by Crippen LogP contribution is -2.20. The summed E-state index contributed by atoms with van der Waals surface area (Å²) in [7, 11) is 1.96. The lowest BCUT2D eigenvalue weighted by atomic mass is 9.96. The molecule has 0 amide bonds. The van der Waals surface area contributed by atoms with Gasteiger partial charge in [0.2, 0.25) is 0 Å². The molecular weight excluding hydrogens is 201 g/mol. The van der Waals surface area contributed by atoms with Gasteiger partial charge in [0.15, 0.2) is 0 Å². The number of benzene rings is 1. The van der Waals surface area contributed by atoms with Crippen LogP contribution in [0.25, 0.3) is 0 Å². The minimum Gasteiger partial charge on any atom is -0.313 e. The third kappa shape index (κ3) is 2.12. The zero-order valence-electron chi connectivity index (χ0n) is 10.5. The average molecular weight is 221 g/mol. The van der Waals surface area contributed by atoms with Gasteiger partial charge in [0.1, 0.15) is 5.82 Å². The van der Waals surface area contributed by atoms with E-state index in [9.17, 15) is 4.39 Å². The number of hydrogen-bond donors (Lipinski definition) is 1. The fraction of sp³-hybridized carbons (Fsp3) is 0.571. The Morgan fingerprint density at radius 3 is 2.44 bits per heavy atom. The van der Waals surface area contributed by atoms with E-state index >= 15 is 0 Å². The lowest BCUT2D eigenvalue weighted by molar-refractivity contribution is 0.439. The van der Waals surface area contributed by atoms with Crippen LogP contribution in [-0.4, -0.2) is 7.05 Å². The lowest BCUT2D eigenvalue weighted by Gasteiger charge is -2.19. The molecule has 2 rings (SSSR count). The summed E-state index contributed by atoms with van der Waals surface area (Å²) in [6, 6.07) is 5.60. The molecule has 0 aromatic heterocycles. The van der Waals surface area contributed by atoms with Crippen molar-refractivity contribution in [2.75, 3.05) is 7.05 Å². The van der Waals surface area contributed by atoms with Gasteiger partial charge in [0.25, 0.3) is 0 Å². The summed E-state index contributed by atoms with van der Waals surface area (Å²) in [5.41, 5.74) is 2.47. The Kier molecular flexibility index (Phi) is 2.79. The normalized spacial score (nSPS) is 24.2. The quantitative estimate of drug-likeness (QED) is 0.824. The molecule has 1 saturated carbocycles. The Morgan fingerprint density at radius 1 is 1.38 bits per heavy atom. The summed E-state index contributed by atoms with van der Waals surface area (Å²) < 4.78 is 13.4. The van der Waals surface area contributed by atoms with E-state index < -0.39 is 0 Å². The highest BCUT2D eigenvalue weighted by Crippen LogP contribution is 2.57. The highest BCUT2D eigenvalue weighted by molar-refractivity contribution is 5.28. The largest absolute Gasteiger partial charge is 0.313 e. The van der Waals surface area contributed by atoms with Crippen LogP contribution in [0.5, 0.6) is 0 Å². The van der Waals surface area contributed by atoms with Gasteiger partial charge in [-0.05, 0) is 55.0 Å². The monoisotopic (exact) mass is 221 g/mol. The van der Waals surface area contributed by atoms with Gasteiger partial charge in [-0.15, -0.1) is 0 Å². The maximum Gasteiger partial charge on any atom is 0.123 e. The second-order valence-corrected chi connectivity index (χ2v) is 5.63. The Labute approximate surface area is 97.1 Å². The van der Waals surface area contributed by atoms with E-state index in [0.717, 1.165) is 11.1 Å². The molecule has 1 fully saturated rings. The van der Waals surface area contributed by atoms with Crippen molar-refractivity contribution in [1.82, 2.24) is 5.32 Å². The first-order valence-corrected chi connectivity index (χ1v) is 5.88. The van der Waals surface area contributed by atoms with E-state index in [0.29, 0.717) is 11.3 Å². The van der Waals surface area contributed by atoms with Crippen molar-refractivity contribution < 1.29 is 4.39 Å². The second-order valence-electron chi connectivity index (χ2n) is 5.63. The summed E-state index contributed by atoms with van der Waals surface area (Å²) in [4.78, 5) is 0. The van der Waals surface area contributed by atoms with Gasteiger partial charge in [-0.3, -0.25) is 0 Å². The number of halogens is 1. The molecule has 0 aliphatic heterocycles. The first-order valence-electron chi connectivity index (χ1n) is 5.88. The average Bonchev–Trinajstić information content (AvgIpc) is 2.74. The van der Waals surface area contributed by atoms with E-state index in [1.54, 1.807) is 12.1 Å². The number of aryl methyl sites for hydroxylation is 1. The third-order valence-electron chi connectivity index (χ3n) is 3.73. The molecule has 2 unspecified atom stereocenters. The van der Waals surface area contributed by atoms with Gasteiger partial charge in [-0.1, -0.05) is 19.9 Å². The maximum atomic E-state index is 13.4. The van der Waals surface area contributed by atoms with Crippen molar-refractivity contribution in [3.05, 3.63) is 35.1 Å². The van der Waals surface area contributed by atoms with E-state index in [2.05, 4.69) is 25.2 Å². The predicted octanol–water partition coefficient (Wildman–Crippen LogP) is 3.44. The van der Waals surface area contributed by atoms with Crippen LogP contribution < -0.4 is 5.32 Å². The zero-order valence-corrected chi connectivity index (χ0v) is 10.5. The van der Waals surface area contributed by atoms with Crippen molar-refractivity contribution in [2.24, 2.45) is 11.3 Å². The first kappa shape index (κ1) is 11.6. The fourth-order valence-electron chi connectivity index (χ4n) is 2.62. The second kappa shape index (κ2) is 3.85. The van der Waals surface area contributed by atoms with Gasteiger partial charge in [0, 0.05) is 6.04 Å². The molecule has 1 nitrogen and oxygen atoms in total. The minimum atomic E-state index is -0.131. The third-order valence-corrected chi connectivity index (χ3v) is 3.73. The summed E-state index contributed by atoms with van der Waals surface area (Å²) in [6.45, 7) is 6.49. The smallest absolute Gasteiger partial charge is 0.123 e.